The monoisotopic (exact) mass is 769 g/mol. The van der Waals surface area contributed by atoms with Gasteiger partial charge in [0.1, 0.15) is 11.3 Å². The third kappa shape index (κ3) is 5.42. The van der Waals surface area contributed by atoms with E-state index in [-0.39, 0.29) is 6.71 Å². The van der Waals surface area contributed by atoms with Gasteiger partial charge in [-0.05, 0) is 101 Å². The summed E-state index contributed by atoms with van der Waals surface area (Å²) in [7, 11) is 0. The van der Waals surface area contributed by atoms with Crippen LogP contribution in [-0.4, -0.2) is 6.71 Å². The van der Waals surface area contributed by atoms with E-state index in [0.29, 0.717) is 0 Å². The van der Waals surface area contributed by atoms with Crippen molar-refractivity contribution in [2.75, 3.05) is 14.7 Å². The van der Waals surface area contributed by atoms with Crippen molar-refractivity contribution in [1.82, 2.24) is 0 Å². The molecule has 0 fully saturated rings. The van der Waals surface area contributed by atoms with Gasteiger partial charge in [0.15, 0.2) is 11.3 Å². The topological polar surface area (TPSA) is 32.1 Å². The quantitative estimate of drug-likeness (QED) is 0.151. The van der Waals surface area contributed by atoms with Gasteiger partial charge in [0.25, 0.3) is 6.71 Å². The normalized spacial score (nSPS) is 12.4. The fourth-order valence-corrected chi connectivity index (χ4v) is 9.29. The van der Waals surface area contributed by atoms with E-state index in [1.165, 1.54) is 5.46 Å². The number of para-hydroxylation sites is 6. The zero-order chi connectivity index (χ0) is 39.6. The summed E-state index contributed by atoms with van der Waals surface area (Å²) < 4.78 is 14.3. The first-order valence-electron chi connectivity index (χ1n) is 20.4. The molecule has 5 nitrogen and oxygen atoms in total. The van der Waals surface area contributed by atoms with E-state index in [9.17, 15) is 0 Å². The first-order chi connectivity index (χ1) is 29.8. The number of hydrogen-bond acceptors (Lipinski definition) is 5. The van der Waals surface area contributed by atoms with Gasteiger partial charge in [-0.25, -0.2) is 0 Å². The second-order valence-electron chi connectivity index (χ2n) is 15.3. The van der Waals surface area contributed by atoms with E-state index in [1.54, 1.807) is 0 Å². The molecule has 10 aromatic rings. The SMILES string of the molecule is c1ccc(N(c2ccccc2)c2cc3c4c(c2)N(c2ccccc2)c2ccccc2B4c2ccc4c(oc5cc(N(c6ccccc6)c6ccccc6)ccc54)c2O3)cc1. The van der Waals surface area contributed by atoms with Crippen LogP contribution in [-0.2, 0) is 0 Å². The van der Waals surface area contributed by atoms with E-state index < -0.39 is 0 Å². The Balaban J connectivity index is 1.09. The van der Waals surface area contributed by atoms with E-state index in [2.05, 4.69) is 221 Å². The van der Waals surface area contributed by atoms with Gasteiger partial charge in [0, 0.05) is 68.4 Å². The lowest BCUT2D eigenvalue weighted by Gasteiger charge is -2.41. The van der Waals surface area contributed by atoms with Crippen molar-refractivity contribution in [3.05, 3.63) is 218 Å². The minimum Gasteiger partial charge on any atom is -0.454 e. The number of nitrogens with zero attached hydrogens (tertiary/aromatic N) is 3. The van der Waals surface area contributed by atoms with Gasteiger partial charge in [0.2, 0.25) is 0 Å². The second-order valence-corrected chi connectivity index (χ2v) is 15.3. The molecule has 9 aromatic carbocycles. The molecular formula is C54H36BN3O2. The molecule has 2 aliphatic heterocycles. The Morgan fingerprint density at radius 2 is 0.933 bits per heavy atom. The van der Waals surface area contributed by atoms with Gasteiger partial charge in [-0.3, -0.25) is 0 Å². The Labute approximate surface area is 348 Å². The van der Waals surface area contributed by atoms with Crippen LogP contribution < -0.4 is 35.8 Å². The lowest BCUT2D eigenvalue weighted by molar-refractivity contribution is 0.481. The van der Waals surface area contributed by atoms with Gasteiger partial charge in [-0.1, -0.05) is 121 Å². The van der Waals surface area contributed by atoms with E-state index in [1.807, 2.05) is 12.1 Å². The highest BCUT2D eigenvalue weighted by Gasteiger charge is 2.43. The fraction of sp³-hybridized carbons (Fsp3) is 0. The van der Waals surface area contributed by atoms with Crippen LogP contribution in [0.5, 0.6) is 11.5 Å². The minimum atomic E-state index is -0.0920. The molecule has 0 bridgehead atoms. The van der Waals surface area contributed by atoms with Crippen molar-refractivity contribution < 1.29 is 9.15 Å². The molecule has 1 aromatic heterocycles. The molecule has 0 N–H and O–H groups in total. The molecule has 0 saturated carbocycles. The summed E-state index contributed by atoms with van der Waals surface area (Å²) in [4.78, 5) is 6.96. The van der Waals surface area contributed by atoms with E-state index in [0.717, 1.165) is 95.5 Å². The molecule has 282 valence electrons. The van der Waals surface area contributed by atoms with Crippen LogP contribution in [0.3, 0.4) is 0 Å². The van der Waals surface area contributed by atoms with Crippen LogP contribution in [0.1, 0.15) is 0 Å². The number of hydrogen-bond donors (Lipinski definition) is 0. The molecule has 0 aliphatic carbocycles. The maximum absolute atomic E-state index is 7.29. The highest BCUT2D eigenvalue weighted by atomic mass is 16.5. The third-order valence-corrected chi connectivity index (χ3v) is 11.8. The summed E-state index contributed by atoms with van der Waals surface area (Å²) in [6.45, 7) is -0.0920. The molecule has 6 heteroatoms. The number of ether oxygens (including phenoxy) is 1. The predicted octanol–water partition coefficient (Wildman–Crippen LogP) is 12.9. The Hall–Kier alpha value is -7.96. The van der Waals surface area contributed by atoms with Gasteiger partial charge < -0.3 is 23.9 Å². The van der Waals surface area contributed by atoms with Gasteiger partial charge in [-0.2, -0.15) is 0 Å². The number of rotatable bonds is 7. The standard InChI is InChI=1S/C54H36BN3O2/c1-6-18-37(19-7-1)56(38-20-8-2-9-21-38)42-30-31-44-45-32-33-47-54(53(45)59-50(44)35-42)60-51-36-43(57(39-22-10-3-11-23-39)40-24-12-4-13-25-40)34-49-52(51)55(47)46-28-16-17-29-48(46)58(49)41-26-14-5-15-27-41/h1-36H. The molecule has 12 rings (SSSR count). The Kier molecular flexibility index (Phi) is 7.88. The summed E-state index contributed by atoms with van der Waals surface area (Å²) in [5.41, 5.74) is 14.5. The lowest BCUT2D eigenvalue weighted by atomic mass is 9.34. The summed E-state index contributed by atoms with van der Waals surface area (Å²) >= 11 is 0. The molecular weight excluding hydrogens is 733 g/mol. The molecule has 0 unspecified atom stereocenters. The first-order valence-corrected chi connectivity index (χ1v) is 20.4. The molecule has 60 heavy (non-hydrogen) atoms. The minimum absolute atomic E-state index is 0.0920. The van der Waals surface area contributed by atoms with Gasteiger partial charge in [-0.15, -0.1) is 0 Å². The second kappa shape index (κ2) is 13.9. The lowest BCUT2D eigenvalue weighted by Crippen LogP contribution is -2.59. The average molecular weight is 770 g/mol. The molecule has 0 amide bonds. The van der Waals surface area contributed by atoms with Crippen molar-refractivity contribution in [2.45, 2.75) is 0 Å². The van der Waals surface area contributed by atoms with Crippen LogP contribution in [0.4, 0.5) is 51.2 Å². The van der Waals surface area contributed by atoms with Crippen LogP contribution >= 0.6 is 0 Å². The Morgan fingerprint density at radius 1 is 0.400 bits per heavy atom. The zero-order valence-electron chi connectivity index (χ0n) is 32.5. The van der Waals surface area contributed by atoms with Crippen LogP contribution in [0, 0.1) is 0 Å². The van der Waals surface area contributed by atoms with Crippen molar-refractivity contribution in [2.24, 2.45) is 0 Å². The molecule has 0 atom stereocenters. The van der Waals surface area contributed by atoms with Crippen molar-refractivity contribution in [3.63, 3.8) is 0 Å². The molecule has 0 radical (unpaired) electrons. The maximum Gasteiger partial charge on any atom is 0.256 e. The highest BCUT2D eigenvalue weighted by Crippen LogP contribution is 2.48. The van der Waals surface area contributed by atoms with Crippen LogP contribution in [0.25, 0.3) is 21.9 Å². The summed E-state index contributed by atoms with van der Waals surface area (Å²) in [5.74, 6) is 1.56. The van der Waals surface area contributed by atoms with Crippen molar-refractivity contribution in [1.29, 1.82) is 0 Å². The number of benzene rings is 9. The summed E-state index contributed by atoms with van der Waals surface area (Å²) in [5, 5.41) is 2.06. The highest BCUT2D eigenvalue weighted by molar-refractivity contribution is 6.99. The largest absolute Gasteiger partial charge is 0.454 e. The zero-order valence-corrected chi connectivity index (χ0v) is 32.5. The van der Waals surface area contributed by atoms with Crippen LogP contribution in [0.15, 0.2) is 223 Å². The Bertz CT molecular complexity index is 3120. The van der Waals surface area contributed by atoms with Gasteiger partial charge >= 0.3 is 0 Å². The fourth-order valence-electron chi connectivity index (χ4n) is 9.29. The molecule has 0 saturated heterocycles. The van der Waals surface area contributed by atoms with E-state index >= 15 is 0 Å². The Morgan fingerprint density at radius 3 is 1.55 bits per heavy atom. The first kappa shape index (κ1) is 34.1. The number of fused-ring (bicyclic) bond motifs is 8. The number of furan rings is 1. The number of anilines is 9. The summed E-state index contributed by atoms with van der Waals surface area (Å²) in [6.07, 6.45) is 0. The smallest absolute Gasteiger partial charge is 0.256 e. The molecule has 0 spiro atoms. The van der Waals surface area contributed by atoms with E-state index in [4.69, 9.17) is 9.15 Å². The third-order valence-electron chi connectivity index (χ3n) is 11.8. The average Bonchev–Trinajstić information content (AvgIpc) is 3.69. The van der Waals surface area contributed by atoms with Gasteiger partial charge in [0.05, 0.1) is 5.69 Å². The van der Waals surface area contributed by atoms with Crippen LogP contribution in [0.2, 0.25) is 0 Å². The summed E-state index contributed by atoms with van der Waals surface area (Å²) in [6, 6.07) is 77.0. The van der Waals surface area contributed by atoms with Crippen molar-refractivity contribution >= 4 is 96.2 Å². The van der Waals surface area contributed by atoms with Crippen molar-refractivity contribution in [3.8, 4) is 11.5 Å². The predicted molar refractivity (Wildman–Crippen MR) is 249 cm³/mol. The molecule has 2 aliphatic rings. The maximum atomic E-state index is 7.29. The molecule has 3 heterocycles.